The molecule has 1 aromatic rings. The molecule has 1 unspecified atom stereocenters. The van der Waals surface area contributed by atoms with Crippen LogP contribution in [-0.2, 0) is 4.79 Å². The van der Waals surface area contributed by atoms with Gasteiger partial charge in [0.1, 0.15) is 11.8 Å². The average molecular weight is 245 g/mol. The molecule has 1 rings (SSSR count). The van der Waals surface area contributed by atoms with Gasteiger partial charge in [-0.1, -0.05) is 18.6 Å². The van der Waals surface area contributed by atoms with Crippen molar-refractivity contribution in [3.8, 4) is 11.8 Å². The van der Waals surface area contributed by atoms with E-state index < -0.39 is 12.1 Å². The van der Waals surface area contributed by atoms with Gasteiger partial charge in [-0.05, 0) is 31.6 Å². The largest absolute Gasteiger partial charge is 0.478 e. The molecule has 0 radical (unpaired) electrons. The lowest BCUT2D eigenvalue weighted by Gasteiger charge is -2.13. The molecule has 94 valence electrons. The van der Waals surface area contributed by atoms with Gasteiger partial charge < -0.3 is 9.84 Å². The van der Waals surface area contributed by atoms with Crippen LogP contribution in [0.15, 0.2) is 24.3 Å². The van der Waals surface area contributed by atoms with Crippen LogP contribution >= 0.6 is 0 Å². The molecule has 18 heavy (non-hydrogen) atoms. The second-order valence-electron chi connectivity index (χ2n) is 3.86. The Kier molecular flexibility index (Phi) is 4.94. The van der Waals surface area contributed by atoms with Crippen molar-refractivity contribution in [1.29, 1.82) is 5.26 Å². The number of nitrogens with zero attached hydrogens (tertiary/aromatic N) is 1. The van der Waals surface area contributed by atoms with Crippen LogP contribution < -0.4 is 4.74 Å². The fourth-order valence-corrected chi connectivity index (χ4v) is 1.42. The monoisotopic (exact) mass is 245 g/mol. The van der Waals surface area contributed by atoms with Crippen LogP contribution in [0.3, 0.4) is 0 Å². The number of carboxylic acids is 1. The van der Waals surface area contributed by atoms with E-state index in [2.05, 4.69) is 0 Å². The molecule has 0 aromatic heterocycles. The SMILES string of the molecule is CCC(C#N)Oc1ccc(C)cc1C=CC(=O)O. The zero-order valence-electron chi connectivity index (χ0n) is 10.4. The molecule has 1 atom stereocenters. The molecule has 0 saturated carbocycles. The molecule has 1 aromatic carbocycles. The van der Waals surface area contributed by atoms with Gasteiger partial charge in [0.2, 0.25) is 0 Å². The van der Waals surface area contributed by atoms with E-state index in [9.17, 15) is 4.79 Å². The predicted octanol–water partition coefficient (Wildman–Crippen LogP) is 2.77. The van der Waals surface area contributed by atoms with E-state index in [1.165, 1.54) is 6.08 Å². The van der Waals surface area contributed by atoms with Gasteiger partial charge in [0, 0.05) is 11.6 Å². The Morgan fingerprint density at radius 1 is 1.61 bits per heavy atom. The number of hydrogen-bond acceptors (Lipinski definition) is 3. The molecule has 0 saturated heterocycles. The van der Waals surface area contributed by atoms with Crippen molar-refractivity contribution >= 4 is 12.0 Å². The van der Waals surface area contributed by atoms with Gasteiger partial charge in [0.15, 0.2) is 6.10 Å². The van der Waals surface area contributed by atoms with Crippen LogP contribution in [0.2, 0.25) is 0 Å². The van der Waals surface area contributed by atoms with Crippen molar-refractivity contribution in [2.75, 3.05) is 0 Å². The predicted molar refractivity (Wildman–Crippen MR) is 68.2 cm³/mol. The highest BCUT2D eigenvalue weighted by Gasteiger charge is 2.09. The fourth-order valence-electron chi connectivity index (χ4n) is 1.42. The number of benzene rings is 1. The van der Waals surface area contributed by atoms with Gasteiger partial charge in [0.05, 0.1) is 0 Å². The lowest BCUT2D eigenvalue weighted by molar-refractivity contribution is -0.131. The number of aliphatic carboxylic acids is 1. The average Bonchev–Trinajstić information content (AvgIpc) is 2.35. The van der Waals surface area contributed by atoms with E-state index >= 15 is 0 Å². The minimum Gasteiger partial charge on any atom is -0.478 e. The summed E-state index contributed by atoms with van der Waals surface area (Å²) in [6, 6.07) is 7.47. The molecule has 4 heteroatoms. The van der Waals surface area contributed by atoms with Gasteiger partial charge in [-0.3, -0.25) is 0 Å². The number of carbonyl (C=O) groups is 1. The molecule has 0 heterocycles. The van der Waals surface area contributed by atoms with E-state index in [1.807, 2.05) is 32.0 Å². The number of nitriles is 1. The molecule has 4 nitrogen and oxygen atoms in total. The molecule has 0 aliphatic heterocycles. The van der Waals surface area contributed by atoms with Crippen LogP contribution in [-0.4, -0.2) is 17.2 Å². The Hall–Kier alpha value is -2.28. The second-order valence-corrected chi connectivity index (χ2v) is 3.86. The van der Waals surface area contributed by atoms with Crippen LogP contribution in [0.25, 0.3) is 6.08 Å². The van der Waals surface area contributed by atoms with E-state index in [-0.39, 0.29) is 0 Å². The van der Waals surface area contributed by atoms with Gasteiger partial charge in [0.25, 0.3) is 0 Å². The number of rotatable bonds is 5. The molecule has 0 bridgehead atoms. The molecular formula is C14H15NO3. The van der Waals surface area contributed by atoms with E-state index in [0.717, 1.165) is 11.6 Å². The summed E-state index contributed by atoms with van der Waals surface area (Å²) in [5.74, 6) is -0.499. The summed E-state index contributed by atoms with van der Waals surface area (Å²) in [4.78, 5) is 10.5. The zero-order valence-corrected chi connectivity index (χ0v) is 10.4. The highest BCUT2D eigenvalue weighted by Crippen LogP contribution is 2.23. The zero-order chi connectivity index (χ0) is 13.5. The number of aryl methyl sites for hydroxylation is 1. The quantitative estimate of drug-likeness (QED) is 0.810. The number of ether oxygens (including phenoxy) is 1. The molecule has 0 fully saturated rings. The Labute approximate surface area is 106 Å². The molecule has 0 amide bonds. The maximum atomic E-state index is 10.5. The normalized spacial score (nSPS) is 12.1. The molecule has 0 aliphatic carbocycles. The summed E-state index contributed by atoms with van der Waals surface area (Å²) in [6.45, 7) is 3.76. The van der Waals surface area contributed by atoms with E-state index in [4.69, 9.17) is 15.1 Å². The molecular weight excluding hydrogens is 230 g/mol. The van der Waals surface area contributed by atoms with Crippen molar-refractivity contribution in [2.24, 2.45) is 0 Å². The Morgan fingerprint density at radius 2 is 2.33 bits per heavy atom. The summed E-state index contributed by atoms with van der Waals surface area (Å²) < 4.78 is 5.53. The van der Waals surface area contributed by atoms with Gasteiger partial charge >= 0.3 is 5.97 Å². The number of hydrogen-bond donors (Lipinski definition) is 1. The number of carboxylic acid groups (broad SMARTS) is 1. The fraction of sp³-hybridized carbons (Fsp3) is 0.286. The highest BCUT2D eigenvalue weighted by molar-refractivity contribution is 5.86. The Balaban J connectivity index is 3.04. The van der Waals surface area contributed by atoms with Crippen molar-refractivity contribution in [3.63, 3.8) is 0 Å². The molecule has 0 aliphatic rings. The lowest BCUT2D eigenvalue weighted by atomic mass is 10.1. The summed E-state index contributed by atoms with van der Waals surface area (Å²) in [5, 5.41) is 17.5. The second kappa shape index (κ2) is 6.45. The van der Waals surface area contributed by atoms with Gasteiger partial charge in [-0.25, -0.2) is 4.79 Å². The van der Waals surface area contributed by atoms with Gasteiger partial charge in [-0.2, -0.15) is 5.26 Å². The minimum atomic E-state index is -1.02. The maximum Gasteiger partial charge on any atom is 0.328 e. The molecule has 0 spiro atoms. The van der Waals surface area contributed by atoms with Crippen molar-refractivity contribution in [3.05, 3.63) is 35.4 Å². The van der Waals surface area contributed by atoms with Crippen LogP contribution in [0.4, 0.5) is 0 Å². The minimum absolute atomic E-state index is 0.520. The maximum absolute atomic E-state index is 10.5. The highest BCUT2D eigenvalue weighted by atomic mass is 16.5. The van der Waals surface area contributed by atoms with E-state index in [0.29, 0.717) is 17.7 Å². The molecule has 1 N–H and O–H groups in total. The summed E-state index contributed by atoms with van der Waals surface area (Å²) in [6.07, 6.45) is 2.57. The van der Waals surface area contributed by atoms with Gasteiger partial charge in [-0.15, -0.1) is 0 Å². The van der Waals surface area contributed by atoms with Crippen molar-refractivity contribution in [2.45, 2.75) is 26.4 Å². The Morgan fingerprint density at radius 3 is 2.89 bits per heavy atom. The standard InChI is InChI=1S/C14H15NO3/c1-3-12(9-15)18-13-6-4-10(2)8-11(13)5-7-14(16)17/h4-8,12H,3H2,1-2H3,(H,16,17). The van der Waals surface area contributed by atoms with Crippen LogP contribution in [0, 0.1) is 18.3 Å². The van der Waals surface area contributed by atoms with Crippen LogP contribution in [0.5, 0.6) is 5.75 Å². The Bertz CT molecular complexity index is 500. The smallest absolute Gasteiger partial charge is 0.328 e. The van der Waals surface area contributed by atoms with Crippen LogP contribution in [0.1, 0.15) is 24.5 Å². The first-order valence-electron chi connectivity index (χ1n) is 5.64. The van der Waals surface area contributed by atoms with Crippen molar-refractivity contribution < 1.29 is 14.6 Å². The first-order chi connectivity index (χ1) is 8.56. The van der Waals surface area contributed by atoms with E-state index in [1.54, 1.807) is 6.07 Å². The summed E-state index contributed by atoms with van der Waals surface area (Å²) >= 11 is 0. The van der Waals surface area contributed by atoms with Crippen molar-refractivity contribution in [1.82, 2.24) is 0 Å². The summed E-state index contributed by atoms with van der Waals surface area (Å²) in [5.41, 5.74) is 1.66. The first-order valence-corrected chi connectivity index (χ1v) is 5.64. The summed E-state index contributed by atoms with van der Waals surface area (Å²) in [7, 11) is 0. The topological polar surface area (TPSA) is 70.3 Å². The third kappa shape index (κ3) is 3.95. The third-order valence-electron chi connectivity index (χ3n) is 2.35. The lowest BCUT2D eigenvalue weighted by Crippen LogP contribution is -2.12. The third-order valence-corrected chi connectivity index (χ3v) is 2.35. The first kappa shape index (κ1) is 13.8.